The molecular weight excluding hydrogens is 379 g/mol. The maximum Gasteiger partial charge on any atom is 0.258 e. The Labute approximate surface area is 174 Å². The molecule has 1 aliphatic heterocycles. The molecule has 2 aliphatic rings. The van der Waals surface area contributed by atoms with Gasteiger partial charge in [0.2, 0.25) is 5.91 Å². The van der Waals surface area contributed by atoms with Gasteiger partial charge in [0.05, 0.1) is 5.41 Å². The number of carbonyl (C=O) groups excluding carboxylic acids is 2. The standard InChI is InChI=1S/C25H21FN2O2/c26-20-9-7-19(8-10-20)25(14-15-25)24(30)27-21-11-5-18(6-12-21)23(29)28-16-13-17-3-1-2-4-22(17)28/h1-12H,13-16H2,(H,27,30). The molecule has 4 nitrogen and oxygen atoms in total. The zero-order valence-corrected chi connectivity index (χ0v) is 16.4. The molecule has 30 heavy (non-hydrogen) atoms. The Morgan fingerprint density at radius 2 is 1.60 bits per heavy atom. The number of hydrogen-bond acceptors (Lipinski definition) is 2. The van der Waals surface area contributed by atoms with Gasteiger partial charge in [-0.05, 0) is 72.9 Å². The fourth-order valence-electron chi connectivity index (χ4n) is 4.19. The third-order valence-electron chi connectivity index (χ3n) is 6.10. The number of carbonyl (C=O) groups is 2. The molecule has 1 saturated carbocycles. The van der Waals surface area contributed by atoms with Crippen LogP contribution in [-0.2, 0) is 16.6 Å². The number of hydrogen-bond donors (Lipinski definition) is 1. The molecule has 3 aromatic rings. The van der Waals surface area contributed by atoms with E-state index in [2.05, 4.69) is 11.4 Å². The van der Waals surface area contributed by atoms with Crippen molar-refractivity contribution in [3.63, 3.8) is 0 Å². The molecular formula is C25H21FN2O2. The summed E-state index contributed by atoms with van der Waals surface area (Å²) in [6.45, 7) is 0.677. The molecule has 0 spiro atoms. The fraction of sp³-hybridized carbons (Fsp3) is 0.200. The number of halogens is 1. The van der Waals surface area contributed by atoms with Gasteiger partial charge in [0.15, 0.2) is 0 Å². The maximum absolute atomic E-state index is 13.2. The lowest BCUT2D eigenvalue weighted by Crippen LogP contribution is -2.29. The van der Waals surface area contributed by atoms with E-state index in [1.165, 1.54) is 17.7 Å². The first-order valence-electron chi connectivity index (χ1n) is 10.1. The summed E-state index contributed by atoms with van der Waals surface area (Å²) in [6.07, 6.45) is 2.35. The van der Waals surface area contributed by atoms with Crippen molar-refractivity contribution in [2.24, 2.45) is 0 Å². The van der Waals surface area contributed by atoms with Crippen LogP contribution in [-0.4, -0.2) is 18.4 Å². The summed E-state index contributed by atoms with van der Waals surface area (Å²) in [6, 6.07) is 21.1. The number of nitrogens with one attached hydrogen (secondary N) is 1. The van der Waals surface area contributed by atoms with Gasteiger partial charge in [-0.25, -0.2) is 4.39 Å². The Morgan fingerprint density at radius 3 is 2.30 bits per heavy atom. The van der Waals surface area contributed by atoms with Crippen LogP contribution in [0.15, 0.2) is 72.8 Å². The molecule has 1 N–H and O–H groups in total. The van der Waals surface area contributed by atoms with E-state index in [1.807, 2.05) is 18.2 Å². The third kappa shape index (κ3) is 3.16. The highest BCUT2D eigenvalue weighted by Gasteiger charge is 2.51. The van der Waals surface area contributed by atoms with Crippen LogP contribution in [0.4, 0.5) is 15.8 Å². The van der Waals surface area contributed by atoms with Crippen LogP contribution in [0.1, 0.15) is 34.3 Å². The molecule has 1 fully saturated rings. The number of anilines is 2. The zero-order valence-electron chi connectivity index (χ0n) is 16.4. The van der Waals surface area contributed by atoms with E-state index < -0.39 is 5.41 Å². The Bertz CT molecular complexity index is 1120. The second kappa shape index (κ2) is 7.10. The van der Waals surface area contributed by atoms with Gasteiger partial charge in [0.25, 0.3) is 5.91 Å². The molecule has 5 heteroatoms. The van der Waals surface area contributed by atoms with Gasteiger partial charge in [-0.3, -0.25) is 9.59 Å². The second-order valence-corrected chi connectivity index (χ2v) is 7.96. The van der Waals surface area contributed by atoms with Crippen LogP contribution in [0, 0.1) is 5.82 Å². The highest BCUT2D eigenvalue weighted by atomic mass is 19.1. The van der Waals surface area contributed by atoms with Crippen LogP contribution < -0.4 is 10.2 Å². The van der Waals surface area contributed by atoms with Crippen molar-refractivity contribution < 1.29 is 14.0 Å². The summed E-state index contributed by atoms with van der Waals surface area (Å²) in [5.41, 5.74) is 3.64. The number of nitrogens with zero attached hydrogens (tertiary/aromatic N) is 1. The van der Waals surface area contributed by atoms with Gasteiger partial charge < -0.3 is 10.2 Å². The van der Waals surface area contributed by atoms with Crippen LogP contribution in [0.3, 0.4) is 0 Å². The monoisotopic (exact) mass is 400 g/mol. The molecule has 0 atom stereocenters. The van der Waals surface area contributed by atoms with Gasteiger partial charge in [-0.2, -0.15) is 0 Å². The quantitative estimate of drug-likeness (QED) is 0.690. The van der Waals surface area contributed by atoms with Gasteiger partial charge in [0, 0.05) is 23.5 Å². The lowest BCUT2D eigenvalue weighted by atomic mass is 9.95. The summed E-state index contributed by atoms with van der Waals surface area (Å²) >= 11 is 0. The van der Waals surface area contributed by atoms with Crippen LogP contribution >= 0.6 is 0 Å². The van der Waals surface area contributed by atoms with Crippen molar-refractivity contribution in [3.05, 3.63) is 95.3 Å². The number of benzene rings is 3. The topological polar surface area (TPSA) is 49.4 Å². The smallest absolute Gasteiger partial charge is 0.258 e. The number of para-hydroxylation sites is 1. The minimum absolute atomic E-state index is 0.0391. The Hall–Kier alpha value is -3.47. The third-order valence-corrected chi connectivity index (χ3v) is 6.10. The summed E-state index contributed by atoms with van der Waals surface area (Å²) in [7, 11) is 0. The van der Waals surface area contributed by atoms with Crippen LogP contribution in [0.25, 0.3) is 0 Å². The first-order valence-corrected chi connectivity index (χ1v) is 10.1. The minimum Gasteiger partial charge on any atom is -0.325 e. The van der Waals surface area contributed by atoms with Crippen molar-refractivity contribution in [3.8, 4) is 0 Å². The molecule has 2 amide bonds. The summed E-state index contributed by atoms with van der Waals surface area (Å²) in [4.78, 5) is 27.6. The molecule has 0 bridgehead atoms. The van der Waals surface area contributed by atoms with Crippen LogP contribution in [0.5, 0.6) is 0 Å². The van der Waals surface area contributed by atoms with Crippen LogP contribution in [0.2, 0.25) is 0 Å². The van der Waals surface area contributed by atoms with Crippen molar-refractivity contribution in [2.45, 2.75) is 24.7 Å². The van der Waals surface area contributed by atoms with Gasteiger partial charge in [0.1, 0.15) is 5.82 Å². The van der Waals surface area contributed by atoms with Crippen molar-refractivity contribution in [2.75, 3.05) is 16.8 Å². The zero-order chi connectivity index (χ0) is 20.7. The Kier molecular flexibility index (Phi) is 4.39. The van der Waals surface area contributed by atoms with E-state index in [0.717, 1.165) is 30.5 Å². The average molecular weight is 400 g/mol. The normalized spacial score (nSPS) is 16.1. The molecule has 0 saturated heterocycles. The summed E-state index contributed by atoms with van der Waals surface area (Å²) in [5.74, 6) is -0.444. The maximum atomic E-state index is 13.2. The SMILES string of the molecule is O=C(c1ccc(NC(=O)C2(c3ccc(F)cc3)CC2)cc1)N1CCc2ccccc21. The minimum atomic E-state index is -0.582. The number of amides is 2. The molecule has 150 valence electrons. The van der Waals surface area contributed by atoms with Crippen molar-refractivity contribution in [1.82, 2.24) is 0 Å². The average Bonchev–Trinajstić information content (AvgIpc) is 3.47. The molecule has 0 radical (unpaired) electrons. The lowest BCUT2D eigenvalue weighted by Gasteiger charge is -2.18. The highest BCUT2D eigenvalue weighted by Crippen LogP contribution is 2.49. The Balaban J connectivity index is 1.29. The molecule has 0 unspecified atom stereocenters. The highest BCUT2D eigenvalue weighted by molar-refractivity contribution is 6.08. The predicted molar refractivity (Wildman–Crippen MR) is 114 cm³/mol. The van der Waals surface area contributed by atoms with E-state index in [9.17, 15) is 14.0 Å². The molecule has 5 rings (SSSR count). The Morgan fingerprint density at radius 1 is 0.900 bits per heavy atom. The lowest BCUT2D eigenvalue weighted by molar-refractivity contribution is -0.118. The first kappa shape index (κ1) is 18.6. The van der Waals surface area contributed by atoms with E-state index in [4.69, 9.17) is 0 Å². The van der Waals surface area contributed by atoms with Crippen molar-refractivity contribution >= 4 is 23.2 Å². The summed E-state index contributed by atoms with van der Waals surface area (Å²) < 4.78 is 13.2. The van der Waals surface area contributed by atoms with Gasteiger partial charge in [-0.1, -0.05) is 30.3 Å². The summed E-state index contributed by atoms with van der Waals surface area (Å²) in [5, 5.41) is 2.95. The van der Waals surface area contributed by atoms with Crippen molar-refractivity contribution in [1.29, 1.82) is 0 Å². The van der Waals surface area contributed by atoms with Gasteiger partial charge >= 0.3 is 0 Å². The predicted octanol–water partition coefficient (Wildman–Crippen LogP) is 4.70. The molecule has 3 aromatic carbocycles. The molecule has 1 heterocycles. The van der Waals surface area contributed by atoms with E-state index >= 15 is 0 Å². The fourth-order valence-corrected chi connectivity index (χ4v) is 4.19. The molecule has 1 aliphatic carbocycles. The first-order chi connectivity index (χ1) is 14.6. The van der Waals surface area contributed by atoms with Gasteiger partial charge in [-0.15, -0.1) is 0 Å². The number of rotatable bonds is 4. The largest absolute Gasteiger partial charge is 0.325 e. The second-order valence-electron chi connectivity index (χ2n) is 7.96. The van der Waals surface area contributed by atoms with E-state index in [-0.39, 0.29) is 17.6 Å². The number of fused-ring (bicyclic) bond motifs is 1. The van der Waals surface area contributed by atoms with E-state index in [1.54, 1.807) is 41.3 Å². The van der Waals surface area contributed by atoms with E-state index in [0.29, 0.717) is 17.8 Å². The molecule has 0 aromatic heterocycles.